The van der Waals surface area contributed by atoms with Crippen molar-refractivity contribution in [3.8, 4) is 5.75 Å². The maximum atomic E-state index is 13.1. The fourth-order valence-electron chi connectivity index (χ4n) is 4.02. The summed E-state index contributed by atoms with van der Waals surface area (Å²) in [6, 6.07) is 11.8. The van der Waals surface area contributed by atoms with E-state index in [9.17, 15) is 4.79 Å². The van der Waals surface area contributed by atoms with Crippen molar-refractivity contribution in [1.29, 1.82) is 0 Å². The Balaban J connectivity index is 1.94. The summed E-state index contributed by atoms with van der Waals surface area (Å²) in [6.07, 6.45) is 0.915. The first kappa shape index (κ1) is 22.3. The molecule has 2 heterocycles. The van der Waals surface area contributed by atoms with Crippen LogP contribution < -0.4 is 4.74 Å². The van der Waals surface area contributed by atoms with E-state index in [2.05, 4.69) is 4.57 Å². The van der Waals surface area contributed by atoms with Gasteiger partial charge in [0, 0.05) is 0 Å². The molecule has 1 aliphatic heterocycles. The van der Waals surface area contributed by atoms with Crippen LogP contribution in [0.25, 0.3) is 10.9 Å². The van der Waals surface area contributed by atoms with Gasteiger partial charge in [0.1, 0.15) is 0 Å². The molecule has 1 aromatic heterocycles. The summed E-state index contributed by atoms with van der Waals surface area (Å²) in [5.74, 6) is 0.588. The van der Waals surface area contributed by atoms with Crippen LogP contribution in [0.4, 0.5) is 0 Å². The van der Waals surface area contributed by atoms with Gasteiger partial charge in [-0.2, -0.15) is 0 Å². The molecule has 4 rings (SSSR count). The van der Waals surface area contributed by atoms with Gasteiger partial charge < -0.3 is 0 Å². The zero-order valence-corrected chi connectivity index (χ0v) is 24.7. The molecule has 154 valence electrons. The SMILES string of the molecule is CCOC(=O)c1c2c3c(c(OC)ccc3n1Cc1ccc(Cl)cc1)CC([CH2][Hg][Cl])S2. The number of thioether (sulfide) groups is 1. The van der Waals surface area contributed by atoms with Crippen molar-refractivity contribution in [2.24, 2.45) is 0 Å². The molecule has 0 radical (unpaired) electrons. The predicted octanol–water partition coefficient (Wildman–Crippen LogP) is 6.20. The third-order valence-electron chi connectivity index (χ3n) is 5.34. The Bertz CT molecular complexity index is 1080. The summed E-state index contributed by atoms with van der Waals surface area (Å²) < 4.78 is 14.3. The number of nitrogens with zero attached hydrogens (tertiary/aromatic N) is 1. The van der Waals surface area contributed by atoms with Gasteiger partial charge in [0.25, 0.3) is 0 Å². The van der Waals surface area contributed by atoms with Gasteiger partial charge in [-0.15, -0.1) is 0 Å². The second-order valence-electron chi connectivity index (χ2n) is 7.17. The van der Waals surface area contributed by atoms with E-state index >= 15 is 0 Å². The third kappa shape index (κ3) is 4.23. The fourth-order valence-corrected chi connectivity index (χ4v) is 13.1. The number of hydrogen-bond donors (Lipinski definition) is 0. The molecule has 1 unspecified atom stereocenters. The molecule has 0 bridgehead atoms. The Morgan fingerprint density at radius 3 is 2.70 bits per heavy atom. The van der Waals surface area contributed by atoms with Crippen molar-refractivity contribution in [3.63, 3.8) is 0 Å². The first-order valence-corrected chi connectivity index (χ1v) is 21.8. The van der Waals surface area contributed by atoms with E-state index in [1.807, 2.05) is 43.3 Å². The van der Waals surface area contributed by atoms with Gasteiger partial charge in [0.05, 0.1) is 0 Å². The number of esters is 1. The van der Waals surface area contributed by atoms with Crippen LogP contribution in [0.15, 0.2) is 41.3 Å². The van der Waals surface area contributed by atoms with Gasteiger partial charge in [-0.05, 0) is 0 Å². The molecule has 3 aromatic rings. The number of methoxy groups -OCH3 is 1. The first-order valence-electron chi connectivity index (χ1n) is 9.93. The van der Waals surface area contributed by atoms with E-state index in [-0.39, 0.29) is 5.97 Å². The number of rotatable bonds is 7. The summed E-state index contributed by atoms with van der Waals surface area (Å²) in [6.45, 7) is 2.74. The van der Waals surface area contributed by atoms with Crippen molar-refractivity contribution in [2.45, 2.75) is 34.0 Å². The second kappa shape index (κ2) is 9.72. The molecular formula is C22H21Cl2HgNO3S. The normalized spacial score (nSPS) is 15.1. The van der Waals surface area contributed by atoms with E-state index in [0.717, 1.165) is 37.5 Å². The zero-order chi connectivity index (χ0) is 21.3. The van der Waals surface area contributed by atoms with E-state index in [4.69, 9.17) is 29.3 Å². The third-order valence-corrected chi connectivity index (χ3v) is 14.1. The van der Waals surface area contributed by atoms with Crippen LogP contribution in [0.3, 0.4) is 0 Å². The van der Waals surface area contributed by atoms with E-state index in [1.165, 1.54) is 5.56 Å². The Labute approximate surface area is 201 Å². The summed E-state index contributed by atoms with van der Waals surface area (Å²) in [4.78, 5) is 14.1. The van der Waals surface area contributed by atoms with Crippen molar-refractivity contribution >= 4 is 48.5 Å². The van der Waals surface area contributed by atoms with Gasteiger partial charge in [-0.3, -0.25) is 0 Å². The molecular weight excluding hydrogens is 630 g/mol. The molecule has 2 aromatic carbocycles. The Morgan fingerprint density at radius 1 is 1.27 bits per heavy atom. The number of halogens is 2. The standard InChI is InChI=1S/C22H21ClNO3S.ClH.Hg/c1-4-27-22(25)20-21-19-16(11-13(2)28-21)18(26-3)10-9-17(19)24(20)12-14-5-7-15(23)8-6-14;;/h5-10,13H,2,4,11-12H2,1,3H3;1H;/q;;+1/p-1. The summed E-state index contributed by atoms with van der Waals surface area (Å²) >= 11 is 6.50. The van der Waals surface area contributed by atoms with E-state index < -0.39 is 23.3 Å². The summed E-state index contributed by atoms with van der Waals surface area (Å²) in [5.41, 5.74) is 3.90. The summed E-state index contributed by atoms with van der Waals surface area (Å²) in [5, 5.41) is 2.19. The van der Waals surface area contributed by atoms with Gasteiger partial charge >= 0.3 is 202 Å². The van der Waals surface area contributed by atoms with Crippen LogP contribution in [0.5, 0.6) is 5.75 Å². The maximum absolute atomic E-state index is 13.1. The van der Waals surface area contributed by atoms with Crippen LogP contribution >= 0.6 is 31.6 Å². The summed E-state index contributed by atoms with van der Waals surface area (Å²) in [7, 11) is 7.99. The molecule has 0 fully saturated rings. The minimum atomic E-state index is -1.35. The van der Waals surface area contributed by atoms with Gasteiger partial charge in [0.15, 0.2) is 0 Å². The van der Waals surface area contributed by atoms with Crippen LogP contribution in [0.1, 0.15) is 28.5 Å². The Kier molecular flexibility index (Phi) is 7.23. The number of benzene rings is 2. The second-order valence-corrected chi connectivity index (χ2v) is 16.0. The minimum absolute atomic E-state index is 0.286. The molecule has 30 heavy (non-hydrogen) atoms. The van der Waals surface area contributed by atoms with Gasteiger partial charge in [-0.1, -0.05) is 0 Å². The Hall–Kier alpha value is -0.885. The predicted molar refractivity (Wildman–Crippen MR) is 119 cm³/mol. The monoisotopic (exact) mass is 651 g/mol. The number of hydrogen-bond acceptors (Lipinski definition) is 4. The van der Waals surface area contributed by atoms with E-state index in [0.29, 0.717) is 29.1 Å². The number of carbonyl (C=O) groups is 1. The Morgan fingerprint density at radius 2 is 2.03 bits per heavy atom. The molecule has 0 spiro atoms. The number of aromatic nitrogens is 1. The molecule has 0 aliphatic carbocycles. The molecule has 0 saturated heterocycles. The molecule has 0 amide bonds. The van der Waals surface area contributed by atoms with Gasteiger partial charge in [-0.25, -0.2) is 0 Å². The van der Waals surface area contributed by atoms with Crippen molar-refractivity contribution < 1.29 is 37.6 Å². The van der Waals surface area contributed by atoms with Crippen molar-refractivity contribution in [1.82, 2.24) is 4.57 Å². The molecule has 0 N–H and O–H groups in total. The molecule has 8 heteroatoms. The molecule has 1 aliphatic rings. The van der Waals surface area contributed by atoms with Crippen molar-refractivity contribution in [3.05, 3.63) is 58.2 Å². The van der Waals surface area contributed by atoms with Crippen LogP contribution in [-0.2, 0) is 41.0 Å². The average molecular weight is 651 g/mol. The molecule has 4 nitrogen and oxygen atoms in total. The molecule has 1 atom stereocenters. The average Bonchev–Trinajstić information content (AvgIpc) is 3.04. The number of carbonyl (C=O) groups excluding carboxylic acids is 1. The first-order chi connectivity index (χ1) is 14.6. The van der Waals surface area contributed by atoms with E-state index in [1.54, 1.807) is 18.9 Å². The van der Waals surface area contributed by atoms with Gasteiger partial charge in [0.2, 0.25) is 0 Å². The molecule has 0 saturated carbocycles. The van der Waals surface area contributed by atoms with Crippen LogP contribution in [0.2, 0.25) is 8.95 Å². The quantitative estimate of drug-likeness (QED) is 0.226. The number of ether oxygens (including phenoxy) is 2. The van der Waals surface area contributed by atoms with Crippen LogP contribution in [0, 0.1) is 0 Å². The zero-order valence-electron chi connectivity index (χ0n) is 16.9. The fraction of sp³-hybridized carbons (Fsp3) is 0.318. The van der Waals surface area contributed by atoms with Crippen molar-refractivity contribution in [2.75, 3.05) is 13.7 Å². The topological polar surface area (TPSA) is 40.5 Å². The van der Waals surface area contributed by atoms with Crippen LogP contribution in [-0.4, -0.2) is 29.5 Å².